The lowest BCUT2D eigenvalue weighted by molar-refractivity contribution is 0.0690. The van der Waals surface area contributed by atoms with Crippen LogP contribution < -0.4 is 5.32 Å². The summed E-state index contributed by atoms with van der Waals surface area (Å²) < 4.78 is 19.1. The topological polar surface area (TPSA) is 75.4 Å². The molecule has 2 heterocycles. The van der Waals surface area contributed by atoms with Gasteiger partial charge in [-0.15, -0.1) is 0 Å². The molecule has 2 aromatic rings. The van der Waals surface area contributed by atoms with Gasteiger partial charge >= 0.3 is 0 Å². The molecule has 0 atom stereocenters. The fraction of sp³-hybridized carbons (Fsp3) is 0.450. The number of rotatable bonds is 3. The predicted molar refractivity (Wildman–Crippen MR) is 95.9 cm³/mol. The van der Waals surface area contributed by atoms with Crippen LogP contribution in [-0.4, -0.2) is 41.0 Å². The minimum Gasteiger partial charge on any atom is -0.350 e. The molecule has 4 rings (SSSR count). The van der Waals surface area contributed by atoms with E-state index in [0.717, 1.165) is 36.9 Å². The molecule has 0 bridgehead atoms. The Morgan fingerprint density at radius 3 is 2.67 bits per heavy atom. The number of benzene rings is 1. The third-order valence-electron chi connectivity index (χ3n) is 5.39. The molecule has 6 nitrogen and oxygen atoms in total. The van der Waals surface area contributed by atoms with Crippen LogP contribution in [0, 0.1) is 5.82 Å². The van der Waals surface area contributed by atoms with E-state index in [4.69, 9.17) is 4.52 Å². The molecule has 7 heteroatoms. The highest BCUT2D eigenvalue weighted by Crippen LogP contribution is 2.24. The van der Waals surface area contributed by atoms with Crippen LogP contribution in [0.15, 0.2) is 28.8 Å². The van der Waals surface area contributed by atoms with Crippen molar-refractivity contribution in [2.24, 2.45) is 0 Å². The maximum Gasteiger partial charge on any atom is 0.290 e. The lowest BCUT2D eigenvalue weighted by Gasteiger charge is -2.32. The van der Waals surface area contributed by atoms with Crippen molar-refractivity contribution < 1.29 is 18.5 Å². The van der Waals surface area contributed by atoms with Gasteiger partial charge in [0.2, 0.25) is 5.76 Å². The molecule has 0 saturated carbocycles. The zero-order chi connectivity index (χ0) is 18.8. The summed E-state index contributed by atoms with van der Waals surface area (Å²) in [5, 5.41) is 7.02. The van der Waals surface area contributed by atoms with Gasteiger partial charge in [0.25, 0.3) is 11.8 Å². The fourth-order valence-electron chi connectivity index (χ4n) is 3.85. The van der Waals surface area contributed by atoms with E-state index >= 15 is 0 Å². The van der Waals surface area contributed by atoms with E-state index in [1.165, 1.54) is 12.1 Å². The average molecular weight is 371 g/mol. The first kappa shape index (κ1) is 17.7. The summed E-state index contributed by atoms with van der Waals surface area (Å²) in [6.45, 7) is 0.958. The van der Waals surface area contributed by atoms with Crippen LogP contribution in [0.3, 0.4) is 0 Å². The molecule has 1 aromatic heterocycles. The molecule has 1 saturated heterocycles. The van der Waals surface area contributed by atoms with Gasteiger partial charge in [0.1, 0.15) is 5.82 Å². The Morgan fingerprint density at radius 1 is 1.15 bits per heavy atom. The van der Waals surface area contributed by atoms with Crippen LogP contribution in [-0.2, 0) is 12.8 Å². The van der Waals surface area contributed by atoms with Crippen molar-refractivity contribution in [3.63, 3.8) is 0 Å². The fourth-order valence-corrected chi connectivity index (χ4v) is 3.85. The third-order valence-corrected chi connectivity index (χ3v) is 5.39. The molecule has 0 spiro atoms. The number of piperidine rings is 1. The lowest BCUT2D eigenvalue weighted by atomic mass is 9.95. The summed E-state index contributed by atoms with van der Waals surface area (Å²) in [4.78, 5) is 26.7. The Balaban J connectivity index is 1.34. The van der Waals surface area contributed by atoms with Gasteiger partial charge in [0, 0.05) is 24.7 Å². The minimum absolute atomic E-state index is 0.0356. The minimum atomic E-state index is -0.506. The molecule has 2 amide bonds. The van der Waals surface area contributed by atoms with Crippen molar-refractivity contribution >= 4 is 11.8 Å². The van der Waals surface area contributed by atoms with E-state index in [2.05, 4.69) is 10.5 Å². The maximum absolute atomic E-state index is 13.8. The molecule has 1 aliphatic heterocycles. The van der Waals surface area contributed by atoms with Gasteiger partial charge in [0.15, 0.2) is 0 Å². The number of carbonyl (C=O) groups excluding carboxylic acids is 2. The lowest BCUT2D eigenvalue weighted by Crippen LogP contribution is -2.46. The summed E-state index contributed by atoms with van der Waals surface area (Å²) in [7, 11) is 0. The number of nitrogens with one attached hydrogen (secondary N) is 1. The Kier molecular flexibility index (Phi) is 4.92. The Labute approximate surface area is 156 Å². The van der Waals surface area contributed by atoms with Crippen molar-refractivity contribution in [2.45, 2.75) is 44.6 Å². The highest BCUT2D eigenvalue weighted by molar-refractivity contribution is 5.95. The first-order valence-corrected chi connectivity index (χ1v) is 9.45. The van der Waals surface area contributed by atoms with Gasteiger partial charge in [-0.3, -0.25) is 9.59 Å². The smallest absolute Gasteiger partial charge is 0.290 e. The van der Waals surface area contributed by atoms with Crippen LogP contribution in [0.5, 0.6) is 0 Å². The van der Waals surface area contributed by atoms with Crippen LogP contribution in [0.4, 0.5) is 4.39 Å². The molecule has 0 unspecified atom stereocenters. The normalized spacial score (nSPS) is 17.4. The van der Waals surface area contributed by atoms with Crippen molar-refractivity contribution in [1.29, 1.82) is 0 Å². The van der Waals surface area contributed by atoms with Gasteiger partial charge in [-0.25, -0.2) is 4.39 Å². The molecule has 2 aliphatic rings. The Hall–Kier alpha value is -2.70. The van der Waals surface area contributed by atoms with Gasteiger partial charge in [-0.2, -0.15) is 0 Å². The van der Waals surface area contributed by atoms with Crippen LogP contribution >= 0.6 is 0 Å². The van der Waals surface area contributed by atoms with Crippen molar-refractivity contribution in [3.05, 3.63) is 52.7 Å². The summed E-state index contributed by atoms with van der Waals surface area (Å²) in [5.74, 6) is -0.714. The van der Waals surface area contributed by atoms with E-state index in [0.29, 0.717) is 31.7 Å². The number of carbonyl (C=O) groups is 2. The van der Waals surface area contributed by atoms with Gasteiger partial charge in [-0.1, -0.05) is 17.3 Å². The molecule has 142 valence electrons. The van der Waals surface area contributed by atoms with Gasteiger partial charge in [0.05, 0.1) is 11.3 Å². The molecular formula is C20H22FN3O3. The molecule has 1 aromatic carbocycles. The average Bonchev–Trinajstić information content (AvgIpc) is 3.13. The van der Waals surface area contributed by atoms with Crippen molar-refractivity contribution in [2.75, 3.05) is 13.1 Å². The first-order valence-electron chi connectivity index (χ1n) is 9.45. The SMILES string of the molecule is O=C(NC1CCN(C(=O)c2ccccc2F)CC1)c1onc2c1CCCC2. The van der Waals surface area contributed by atoms with E-state index in [1.807, 2.05) is 0 Å². The first-order chi connectivity index (χ1) is 13.1. The standard InChI is InChI=1S/C20H22FN3O3/c21-16-7-3-1-5-14(16)20(26)24-11-9-13(10-12-24)22-19(25)18-15-6-2-4-8-17(15)23-27-18/h1,3,5,7,13H,2,4,6,8-12H2,(H,22,25). The van der Waals surface area contributed by atoms with E-state index in [9.17, 15) is 14.0 Å². The largest absolute Gasteiger partial charge is 0.350 e. The number of hydrogen-bond donors (Lipinski definition) is 1. The number of hydrogen-bond acceptors (Lipinski definition) is 4. The number of halogens is 1. The van der Waals surface area contributed by atoms with Crippen molar-refractivity contribution in [1.82, 2.24) is 15.4 Å². The number of likely N-dealkylation sites (tertiary alicyclic amines) is 1. The predicted octanol–water partition coefficient (Wildman–Crippen LogP) is 2.73. The monoisotopic (exact) mass is 371 g/mol. The van der Waals surface area contributed by atoms with Gasteiger partial charge in [-0.05, 0) is 50.7 Å². The summed E-state index contributed by atoms with van der Waals surface area (Å²) in [6.07, 6.45) is 5.07. The molecule has 1 fully saturated rings. The second-order valence-corrected chi connectivity index (χ2v) is 7.16. The molecule has 1 N–H and O–H groups in total. The van der Waals surface area contributed by atoms with Crippen LogP contribution in [0.2, 0.25) is 0 Å². The van der Waals surface area contributed by atoms with E-state index < -0.39 is 5.82 Å². The zero-order valence-electron chi connectivity index (χ0n) is 15.0. The molecule has 1 aliphatic carbocycles. The summed E-state index contributed by atoms with van der Waals surface area (Å²) in [5.41, 5.74) is 1.93. The molecule has 0 radical (unpaired) electrons. The molecular weight excluding hydrogens is 349 g/mol. The van der Waals surface area contributed by atoms with Crippen molar-refractivity contribution in [3.8, 4) is 0 Å². The number of fused-ring (bicyclic) bond motifs is 1. The number of aryl methyl sites for hydroxylation is 1. The van der Waals surface area contributed by atoms with Gasteiger partial charge < -0.3 is 14.7 Å². The van der Waals surface area contributed by atoms with Crippen LogP contribution in [0.25, 0.3) is 0 Å². The van der Waals surface area contributed by atoms with Crippen LogP contribution in [0.1, 0.15) is 57.9 Å². The summed E-state index contributed by atoms with van der Waals surface area (Å²) in [6, 6.07) is 5.97. The summed E-state index contributed by atoms with van der Waals surface area (Å²) >= 11 is 0. The zero-order valence-corrected chi connectivity index (χ0v) is 15.0. The maximum atomic E-state index is 13.8. The Morgan fingerprint density at radius 2 is 1.89 bits per heavy atom. The number of nitrogens with zero attached hydrogens (tertiary/aromatic N) is 2. The quantitative estimate of drug-likeness (QED) is 0.900. The number of amides is 2. The number of aromatic nitrogens is 1. The Bertz CT molecular complexity index is 856. The van der Waals surface area contributed by atoms with E-state index in [1.54, 1.807) is 17.0 Å². The van der Waals surface area contributed by atoms with E-state index in [-0.39, 0.29) is 23.4 Å². The highest BCUT2D eigenvalue weighted by atomic mass is 19.1. The highest BCUT2D eigenvalue weighted by Gasteiger charge is 2.29. The second kappa shape index (κ2) is 7.50. The third kappa shape index (κ3) is 3.59. The second-order valence-electron chi connectivity index (χ2n) is 7.16. The molecule has 27 heavy (non-hydrogen) atoms.